The monoisotopic (exact) mass is 253 g/mol. The Labute approximate surface area is 106 Å². The molecule has 6 heteroatoms. The summed E-state index contributed by atoms with van der Waals surface area (Å²) in [5.74, 6) is -1.43. The highest BCUT2D eigenvalue weighted by Gasteiger charge is 2.20. The van der Waals surface area contributed by atoms with E-state index in [1.165, 1.54) is 4.68 Å². The number of rotatable bonds is 6. The van der Waals surface area contributed by atoms with Crippen molar-refractivity contribution in [1.82, 2.24) is 15.1 Å². The Balaban J connectivity index is 2.80. The molecule has 0 unspecified atom stereocenters. The van der Waals surface area contributed by atoms with E-state index in [0.29, 0.717) is 12.1 Å². The predicted molar refractivity (Wildman–Crippen MR) is 66.4 cm³/mol. The number of aliphatic carboxylic acids is 1. The van der Waals surface area contributed by atoms with Gasteiger partial charge in [-0.3, -0.25) is 9.48 Å². The quantitative estimate of drug-likeness (QED) is 0.791. The molecular formula is C12H19N3O3. The van der Waals surface area contributed by atoms with E-state index in [9.17, 15) is 9.59 Å². The third kappa shape index (κ3) is 3.32. The van der Waals surface area contributed by atoms with Crippen molar-refractivity contribution in [2.24, 2.45) is 7.05 Å². The SMILES string of the molecule is CCCc1cc(C(=O)N[C@H](CC)C(=O)O)n(C)n1. The van der Waals surface area contributed by atoms with Crippen molar-refractivity contribution in [3.8, 4) is 0 Å². The first-order chi connectivity index (χ1) is 8.49. The number of nitrogens with one attached hydrogen (secondary N) is 1. The molecule has 1 aromatic rings. The fraction of sp³-hybridized carbons (Fsp3) is 0.583. The minimum atomic E-state index is -1.03. The zero-order valence-electron chi connectivity index (χ0n) is 10.9. The van der Waals surface area contributed by atoms with E-state index in [1.54, 1.807) is 20.0 Å². The average Bonchev–Trinajstić information content (AvgIpc) is 2.67. The lowest BCUT2D eigenvalue weighted by molar-refractivity contribution is -0.139. The van der Waals surface area contributed by atoms with Crippen LogP contribution in [-0.2, 0) is 18.3 Å². The highest BCUT2D eigenvalue weighted by atomic mass is 16.4. The number of aromatic nitrogens is 2. The molecule has 2 N–H and O–H groups in total. The lowest BCUT2D eigenvalue weighted by atomic mass is 10.2. The number of carboxylic acid groups (broad SMARTS) is 1. The second-order valence-corrected chi connectivity index (χ2v) is 4.17. The number of carbonyl (C=O) groups is 2. The van der Waals surface area contributed by atoms with E-state index < -0.39 is 17.9 Å². The number of nitrogens with zero attached hydrogens (tertiary/aromatic N) is 2. The van der Waals surface area contributed by atoms with Crippen molar-refractivity contribution in [1.29, 1.82) is 0 Å². The third-order valence-electron chi connectivity index (χ3n) is 2.68. The summed E-state index contributed by atoms with van der Waals surface area (Å²) in [6, 6.07) is 0.843. The van der Waals surface area contributed by atoms with Gasteiger partial charge in [0.2, 0.25) is 0 Å². The van der Waals surface area contributed by atoms with Gasteiger partial charge in [-0.25, -0.2) is 4.79 Å². The minimum Gasteiger partial charge on any atom is -0.480 e. The molecule has 0 aliphatic heterocycles. The van der Waals surface area contributed by atoms with Gasteiger partial charge in [0.05, 0.1) is 5.69 Å². The number of hydrogen-bond donors (Lipinski definition) is 2. The predicted octanol–water partition coefficient (Wildman–Crippen LogP) is 0.966. The smallest absolute Gasteiger partial charge is 0.326 e. The molecular weight excluding hydrogens is 234 g/mol. The lowest BCUT2D eigenvalue weighted by Gasteiger charge is -2.11. The maximum absolute atomic E-state index is 11.9. The Morgan fingerprint density at radius 1 is 1.50 bits per heavy atom. The Hall–Kier alpha value is -1.85. The van der Waals surface area contributed by atoms with E-state index in [1.807, 2.05) is 6.92 Å². The standard InChI is InChI=1S/C12H19N3O3/c1-4-6-8-7-10(15(3)14-8)11(16)13-9(5-2)12(17)18/h7,9H,4-6H2,1-3H3,(H,13,16)(H,17,18)/t9-/m1/s1. The molecule has 0 bridgehead atoms. The molecule has 0 aliphatic rings. The summed E-state index contributed by atoms with van der Waals surface area (Å²) in [5.41, 5.74) is 1.23. The van der Waals surface area contributed by atoms with Crippen LogP contribution in [0.4, 0.5) is 0 Å². The molecule has 1 amide bonds. The van der Waals surface area contributed by atoms with Gasteiger partial charge in [0.25, 0.3) is 5.91 Å². The van der Waals surface area contributed by atoms with Crippen molar-refractivity contribution in [3.05, 3.63) is 17.5 Å². The van der Waals surface area contributed by atoms with Gasteiger partial charge in [0.1, 0.15) is 11.7 Å². The Bertz CT molecular complexity index is 440. The fourth-order valence-corrected chi connectivity index (χ4v) is 1.69. The van der Waals surface area contributed by atoms with Crippen molar-refractivity contribution in [2.45, 2.75) is 39.2 Å². The zero-order chi connectivity index (χ0) is 13.7. The summed E-state index contributed by atoms with van der Waals surface area (Å²) in [7, 11) is 1.68. The number of amides is 1. The summed E-state index contributed by atoms with van der Waals surface area (Å²) in [5, 5.41) is 15.6. The summed E-state index contributed by atoms with van der Waals surface area (Å²) in [6.45, 7) is 3.75. The zero-order valence-corrected chi connectivity index (χ0v) is 10.9. The molecule has 1 aromatic heterocycles. The van der Waals surface area contributed by atoms with Crippen LogP contribution in [0, 0.1) is 0 Å². The molecule has 6 nitrogen and oxygen atoms in total. The first kappa shape index (κ1) is 14.2. The lowest BCUT2D eigenvalue weighted by Crippen LogP contribution is -2.40. The first-order valence-corrected chi connectivity index (χ1v) is 6.06. The van der Waals surface area contributed by atoms with E-state index >= 15 is 0 Å². The van der Waals surface area contributed by atoms with Crippen LogP contribution < -0.4 is 5.32 Å². The second-order valence-electron chi connectivity index (χ2n) is 4.17. The van der Waals surface area contributed by atoms with Crippen LogP contribution in [0.5, 0.6) is 0 Å². The molecule has 1 rings (SSSR count). The van der Waals surface area contributed by atoms with Gasteiger partial charge >= 0.3 is 5.97 Å². The number of carboxylic acids is 1. The van der Waals surface area contributed by atoms with Gasteiger partial charge in [0.15, 0.2) is 0 Å². The van der Waals surface area contributed by atoms with E-state index in [-0.39, 0.29) is 0 Å². The number of aryl methyl sites for hydroxylation is 2. The summed E-state index contributed by atoms with van der Waals surface area (Å²) in [6.07, 6.45) is 2.10. The fourth-order valence-electron chi connectivity index (χ4n) is 1.69. The topological polar surface area (TPSA) is 84.2 Å². The summed E-state index contributed by atoms with van der Waals surface area (Å²) in [4.78, 5) is 22.8. The number of carbonyl (C=O) groups excluding carboxylic acids is 1. The second kappa shape index (κ2) is 6.18. The van der Waals surface area contributed by atoms with E-state index in [4.69, 9.17) is 5.11 Å². The maximum atomic E-state index is 11.9. The van der Waals surface area contributed by atoms with Crippen LogP contribution in [0.1, 0.15) is 42.9 Å². The molecule has 0 spiro atoms. The van der Waals surface area contributed by atoms with Crippen LogP contribution in [0.15, 0.2) is 6.07 Å². The molecule has 0 radical (unpaired) electrons. The van der Waals surface area contributed by atoms with Crippen LogP contribution in [0.2, 0.25) is 0 Å². The number of hydrogen-bond acceptors (Lipinski definition) is 3. The molecule has 18 heavy (non-hydrogen) atoms. The highest BCUT2D eigenvalue weighted by molar-refractivity contribution is 5.95. The van der Waals surface area contributed by atoms with Crippen molar-refractivity contribution in [3.63, 3.8) is 0 Å². The molecule has 0 fully saturated rings. The van der Waals surface area contributed by atoms with Crippen LogP contribution >= 0.6 is 0 Å². The van der Waals surface area contributed by atoms with Gasteiger partial charge in [0, 0.05) is 7.05 Å². The average molecular weight is 253 g/mol. The van der Waals surface area contributed by atoms with Crippen molar-refractivity contribution < 1.29 is 14.7 Å². The van der Waals surface area contributed by atoms with Gasteiger partial charge in [-0.05, 0) is 18.9 Å². The largest absolute Gasteiger partial charge is 0.480 e. The molecule has 1 atom stereocenters. The molecule has 1 heterocycles. The molecule has 100 valence electrons. The molecule has 0 aliphatic carbocycles. The Morgan fingerprint density at radius 2 is 2.17 bits per heavy atom. The minimum absolute atomic E-state index is 0.348. The van der Waals surface area contributed by atoms with Gasteiger partial charge < -0.3 is 10.4 Å². The molecule has 0 aromatic carbocycles. The first-order valence-electron chi connectivity index (χ1n) is 6.06. The van der Waals surface area contributed by atoms with E-state index in [2.05, 4.69) is 10.4 Å². The van der Waals surface area contributed by atoms with Crippen molar-refractivity contribution in [2.75, 3.05) is 0 Å². The molecule has 0 saturated heterocycles. The normalized spacial score (nSPS) is 12.2. The van der Waals surface area contributed by atoms with Gasteiger partial charge in [-0.15, -0.1) is 0 Å². The maximum Gasteiger partial charge on any atom is 0.326 e. The molecule has 0 saturated carbocycles. The van der Waals surface area contributed by atoms with Crippen molar-refractivity contribution >= 4 is 11.9 Å². The van der Waals surface area contributed by atoms with Crippen LogP contribution in [0.25, 0.3) is 0 Å². The van der Waals surface area contributed by atoms with Gasteiger partial charge in [-0.2, -0.15) is 5.10 Å². The Kier molecular flexibility index (Phi) is 4.88. The Morgan fingerprint density at radius 3 is 2.67 bits per heavy atom. The van der Waals surface area contributed by atoms with E-state index in [0.717, 1.165) is 18.5 Å². The highest BCUT2D eigenvalue weighted by Crippen LogP contribution is 2.06. The summed E-state index contributed by atoms with van der Waals surface area (Å²) < 4.78 is 1.48. The summed E-state index contributed by atoms with van der Waals surface area (Å²) >= 11 is 0. The van der Waals surface area contributed by atoms with Crippen LogP contribution in [0.3, 0.4) is 0 Å². The van der Waals surface area contributed by atoms with Crippen LogP contribution in [-0.4, -0.2) is 32.8 Å². The third-order valence-corrected chi connectivity index (χ3v) is 2.68. The van der Waals surface area contributed by atoms with Gasteiger partial charge in [-0.1, -0.05) is 20.3 Å².